The van der Waals surface area contributed by atoms with Gasteiger partial charge in [0.2, 0.25) is 0 Å². The van der Waals surface area contributed by atoms with Crippen molar-refractivity contribution in [2.24, 2.45) is 5.92 Å². The van der Waals surface area contributed by atoms with E-state index in [-0.39, 0.29) is 0 Å². The summed E-state index contributed by atoms with van der Waals surface area (Å²) in [6, 6.07) is 10.6. The highest BCUT2D eigenvalue weighted by atomic mass is 14.8. The second-order valence-electron chi connectivity index (χ2n) is 4.75. The van der Waals surface area contributed by atoms with Crippen molar-refractivity contribution >= 4 is 10.9 Å². The lowest BCUT2D eigenvalue weighted by Gasteiger charge is -2.21. The number of hydrogen-bond donors (Lipinski definition) is 1. The van der Waals surface area contributed by atoms with Gasteiger partial charge in [-0.25, -0.2) is 0 Å². The van der Waals surface area contributed by atoms with Gasteiger partial charge in [0.15, 0.2) is 0 Å². The Labute approximate surface area is 103 Å². The highest BCUT2D eigenvalue weighted by Gasteiger charge is 2.16. The third-order valence-corrected chi connectivity index (χ3v) is 3.53. The summed E-state index contributed by atoms with van der Waals surface area (Å²) in [5, 5.41) is 4.48. The standard InChI is InChI=1S/C15H20N2/c1-11(10-16-3)12(2)14-8-4-6-13-7-5-9-17-15(13)14/h4-9,11-12,16H,10H2,1-3H3. The van der Waals surface area contributed by atoms with E-state index in [1.807, 2.05) is 19.3 Å². The molecule has 17 heavy (non-hydrogen) atoms. The van der Waals surface area contributed by atoms with Crippen LogP contribution in [-0.4, -0.2) is 18.6 Å². The molecule has 1 aromatic heterocycles. The topological polar surface area (TPSA) is 24.9 Å². The summed E-state index contributed by atoms with van der Waals surface area (Å²) >= 11 is 0. The molecule has 0 spiro atoms. The third kappa shape index (κ3) is 2.47. The van der Waals surface area contributed by atoms with Gasteiger partial charge in [-0.3, -0.25) is 4.98 Å². The summed E-state index contributed by atoms with van der Waals surface area (Å²) in [5.41, 5.74) is 2.50. The zero-order valence-corrected chi connectivity index (χ0v) is 10.8. The molecule has 2 atom stereocenters. The number of nitrogens with zero attached hydrogens (tertiary/aromatic N) is 1. The molecule has 0 saturated heterocycles. The van der Waals surface area contributed by atoms with Crippen LogP contribution in [0.3, 0.4) is 0 Å². The number of fused-ring (bicyclic) bond motifs is 1. The number of hydrogen-bond acceptors (Lipinski definition) is 2. The van der Waals surface area contributed by atoms with E-state index in [4.69, 9.17) is 0 Å². The summed E-state index contributed by atoms with van der Waals surface area (Å²) in [6.45, 7) is 5.60. The SMILES string of the molecule is CNCC(C)C(C)c1cccc2cccnc12. The molecule has 0 fully saturated rings. The molecule has 2 unspecified atom stereocenters. The Hall–Kier alpha value is -1.41. The van der Waals surface area contributed by atoms with Gasteiger partial charge in [0.05, 0.1) is 5.52 Å². The van der Waals surface area contributed by atoms with E-state index in [0.717, 1.165) is 12.1 Å². The van der Waals surface area contributed by atoms with Gasteiger partial charge in [0.25, 0.3) is 0 Å². The monoisotopic (exact) mass is 228 g/mol. The van der Waals surface area contributed by atoms with E-state index in [1.54, 1.807) is 0 Å². The quantitative estimate of drug-likeness (QED) is 0.869. The minimum absolute atomic E-state index is 0.515. The first-order valence-electron chi connectivity index (χ1n) is 6.22. The van der Waals surface area contributed by atoms with E-state index < -0.39 is 0 Å². The normalized spacial score (nSPS) is 14.8. The highest BCUT2D eigenvalue weighted by Crippen LogP contribution is 2.28. The van der Waals surface area contributed by atoms with Crippen LogP contribution in [0.15, 0.2) is 36.5 Å². The minimum Gasteiger partial charge on any atom is -0.319 e. The lowest BCUT2D eigenvalue weighted by Crippen LogP contribution is -2.21. The van der Waals surface area contributed by atoms with Crippen molar-refractivity contribution in [3.8, 4) is 0 Å². The maximum Gasteiger partial charge on any atom is 0.0736 e. The van der Waals surface area contributed by atoms with E-state index in [9.17, 15) is 0 Å². The van der Waals surface area contributed by atoms with Gasteiger partial charge in [-0.15, -0.1) is 0 Å². The summed E-state index contributed by atoms with van der Waals surface area (Å²) in [4.78, 5) is 4.52. The smallest absolute Gasteiger partial charge is 0.0736 e. The Morgan fingerprint density at radius 1 is 1.18 bits per heavy atom. The van der Waals surface area contributed by atoms with Crippen molar-refractivity contribution in [2.45, 2.75) is 19.8 Å². The second-order valence-corrected chi connectivity index (χ2v) is 4.75. The van der Waals surface area contributed by atoms with Gasteiger partial charge in [0, 0.05) is 11.6 Å². The lowest BCUT2D eigenvalue weighted by atomic mass is 9.87. The number of aromatic nitrogens is 1. The van der Waals surface area contributed by atoms with Crippen molar-refractivity contribution in [2.75, 3.05) is 13.6 Å². The van der Waals surface area contributed by atoms with Crippen LogP contribution in [0, 0.1) is 5.92 Å². The first-order chi connectivity index (χ1) is 8.24. The first-order valence-corrected chi connectivity index (χ1v) is 6.22. The molecule has 0 radical (unpaired) electrons. The predicted molar refractivity (Wildman–Crippen MR) is 73.2 cm³/mol. The summed E-state index contributed by atoms with van der Waals surface area (Å²) in [6.07, 6.45) is 1.88. The van der Waals surface area contributed by atoms with Crippen molar-refractivity contribution in [3.05, 3.63) is 42.1 Å². The largest absolute Gasteiger partial charge is 0.319 e. The number of benzene rings is 1. The molecule has 2 aromatic rings. The van der Waals surface area contributed by atoms with Crippen molar-refractivity contribution in [1.29, 1.82) is 0 Å². The van der Waals surface area contributed by atoms with E-state index in [2.05, 4.69) is 48.4 Å². The zero-order valence-electron chi connectivity index (χ0n) is 10.8. The molecule has 2 nitrogen and oxygen atoms in total. The van der Waals surface area contributed by atoms with Gasteiger partial charge in [0.1, 0.15) is 0 Å². The highest BCUT2D eigenvalue weighted by molar-refractivity contribution is 5.82. The van der Waals surface area contributed by atoms with Crippen LogP contribution >= 0.6 is 0 Å². The number of nitrogens with one attached hydrogen (secondary N) is 1. The van der Waals surface area contributed by atoms with Crippen LogP contribution in [-0.2, 0) is 0 Å². The molecule has 0 aliphatic carbocycles. The van der Waals surface area contributed by atoms with Crippen LogP contribution in [0.4, 0.5) is 0 Å². The lowest BCUT2D eigenvalue weighted by molar-refractivity contribution is 0.467. The molecule has 2 heteroatoms. The van der Waals surface area contributed by atoms with Crippen LogP contribution in [0.5, 0.6) is 0 Å². The Balaban J connectivity index is 2.41. The number of para-hydroxylation sites is 1. The summed E-state index contributed by atoms with van der Waals surface area (Å²) < 4.78 is 0. The maximum atomic E-state index is 4.52. The fourth-order valence-electron chi connectivity index (χ4n) is 2.30. The molecular weight excluding hydrogens is 208 g/mol. The Morgan fingerprint density at radius 3 is 2.71 bits per heavy atom. The minimum atomic E-state index is 0.515. The molecule has 0 aliphatic rings. The molecule has 90 valence electrons. The Morgan fingerprint density at radius 2 is 1.94 bits per heavy atom. The molecule has 1 aromatic carbocycles. The first kappa shape index (κ1) is 12.1. The van der Waals surface area contributed by atoms with Gasteiger partial charge in [-0.1, -0.05) is 38.1 Å². The molecule has 1 heterocycles. The van der Waals surface area contributed by atoms with Crippen molar-refractivity contribution < 1.29 is 0 Å². The molecule has 0 aliphatic heterocycles. The fourth-order valence-corrected chi connectivity index (χ4v) is 2.30. The van der Waals surface area contributed by atoms with Crippen LogP contribution in [0.2, 0.25) is 0 Å². The molecule has 0 amide bonds. The van der Waals surface area contributed by atoms with Crippen molar-refractivity contribution in [3.63, 3.8) is 0 Å². The third-order valence-electron chi connectivity index (χ3n) is 3.53. The van der Waals surface area contributed by atoms with Gasteiger partial charge in [-0.05, 0) is 37.1 Å². The van der Waals surface area contributed by atoms with Crippen LogP contribution in [0.25, 0.3) is 10.9 Å². The van der Waals surface area contributed by atoms with E-state index >= 15 is 0 Å². The molecular formula is C15H20N2. The molecule has 2 rings (SSSR count). The summed E-state index contributed by atoms with van der Waals surface area (Å²) in [7, 11) is 2.00. The van der Waals surface area contributed by atoms with Gasteiger partial charge >= 0.3 is 0 Å². The zero-order chi connectivity index (χ0) is 12.3. The average molecular weight is 228 g/mol. The Bertz CT molecular complexity index is 488. The molecule has 1 N–H and O–H groups in total. The second kappa shape index (κ2) is 5.28. The fraction of sp³-hybridized carbons (Fsp3) is 0.400. The van der Waals surface area contributed by atoms with E-state index in [1.165, 1.54) is 10.9 Å². The molecule has 0 saturated carbocycles. The average Bonchev–Trinajstić information content (AvgIpc) is 2.37. The van der Waals surface area contributed by atoms with Gasteiger partial charge < -0.3 is 5.32 Å². The van der Waals surface area contributed by atoms with E-state index in [0.29, 0.717) is 11.8 Å². The number of pyridine rings is 1. The molecule has 0 bridgehead atoms. The van der Waals surface area contributed by atoms with Crippen LogP contribution < -0.4 is 5.32 Å². The van der Waals surface area contributed by atoms with Crippen LogP contribution in [0.1, 0.15) is 25.3 Å². The Kier molecular flexibility index (Phi) is 3.75. The van der Waals surface area contributed by atoms with Gasteiger partial charge in [-0.2, -0.15) is 0 Å². The summed E-state index contributed by atoms with van der Waals surface area (Å²) in [5.74, 6) is 1.12. The number of rotatable bonds is 4. The maximum absolute atomic E-state index is 4.52. The predicted octanol–water partition coefficient (Wildman–Crippen LogP) is 3.19. The van der Waals surface area contributed by atoms with Crippen molar-refractivity contribution in [1.82, 2.24) is 10.3 Å².